The number of carboxylic acid groups (broad SMARTS) is 1. The fourth-order valence-corrected chi connectivity index (χ4v) is 3.79. The van der Waals surface area contributed by atoms with Crippen molar-refractivity contribution in [1.29, 1.82) is 0 Å². The highest BCUT2D eigenvalue weighted by atomic mass is 17.2. The Morgan fingerprint density at radius 2 is 2.04 bits per heavy atom. The molecular weight excluding hydrogens is 336 g/mol. The second-order valence-corrected chi connectivity index (χ2v) is 7.26. The molecule has 6 heteroatoms. The maximum atomic E-state index is 10.5. The van der Waals surface area contributed by atoms with Crippen molar-refractivity contribution in [1.82, 2.24) is 0 Å². The van der Waals surface area contributed by atoms with Crippen molar-refractivity contribution in [2.45, 2.75) is 83.0 Å². The van der Waals surface area contributed by atoms with Crippen LogP contribution in [0.15, 0.2) is 24.3 Å². The number of hydrogen-bond donors (Lipinski definition) is 2. The number of carboxylic acids is 1. The smallest absolute Gasteiger partial charge is 0.303 e. The molecule has 148 valence electrons. The highest BCUT2D eigenvalue weighted by Crippen LogP contribution is 2.44. The Kier molecular flexibility index (Phi) is 9.32. The van der Waals surface area contributed by atoms with Crippen molar-refractivity contribution in [2.24, 2.45) is 11.8 Å². The van der Waals surface area contributed by atoms with E-state index in [2.05, 4.69) is 30.0 Å². The van der Waals surface area contributed by atoms with Crippen LogP contribution in [0.4, 0.5) is 0 Å². The van der Waals surface area contributed by atoms with Gasteiger partial charge in [-0.1, -0.05) is 50.5 Å². The third kappa shape index (κ3) is 6.50. The summed E-state index contributed by atoms with van der Waals surface area (Å²) in [6.07, 6.45) is 15.7. The van der Waals surface area contributed by atoms with Crippen LogP contribution in [0.2, 0.25) is 0 Å². The molecule has 1 saturated carbocycles. The molecule has 1 saturated heterocycles. The summed E-state index contributed by atoms with van der Waals surface area (Å²) in [5, 5.41) is 17.8. The van der Waals surface area contributed by atoms with Crippen LogP contribution in [0.1, 0.15) is 64.7 Å². The second kappa shape index (κ2) is 11.5. The van der Waals surface area contributed by atoms with Gasteiger partial charge >= 0.3 is 5.97 Å². The lowest BCUT2D eigenvalue weighted by Gasteiger charge is -2.27. The maximum absolute atomic E-state index is 10.5. The lowest BCUT2D eigenvalue weighted by Crippen LogP contribution is -2.29. The van der Waals surface area contributed by atoms with Crippen LogP contribution in [-0.2, 0) is 19.5 Å². The van der Waals surface area contributed by atoms with Crippen LogP contribution < -0.4 is 0 Å². The van der Waals surface area contributed by atoms with E-state index in [-0.39, 0.29) is 30.7 Å². The molecule has 1 aliphatic carbocycles. The van der Waals surface area contributed by atoms with Crippen molar-refractivity contribution in [3.8, 4) is 0 Å². The van der Waals surface area contributed by atoms with Gasteiger partial charge in [0.2, 0.25) is 0 Å². The molecule has 26 heavy (non-hydrogen) atoms. The minimum atomic E-state index is -0.748. The minimum Gasteiger partial charge on any atom is -0.481 e. The largest absolute Gasteiger partial charge is 0.481 e. The summed E-state index contributed by atoms with van der Waals surface area (Å²) in [4.78, 5) is 25.9. The van der Waals surface area contributed by atoms with Crippen LogP contribution >= 0.6 is 0 Å². The molecule has 0 aromatic rings. The van der Waals surface area contributed by atoms with Crippen molar-refractivity contribution in [2.75, 3.05) is 0 Å². The molecule has 2 N–H and O–H groups in total. The number of aliphatic carboxylic acids is 1. The van der Waals surface area contributed by atoms with E-state index in [1.807, 2.05) is 6.08 Å². The zero-order valence-corrected chi connectivity index (χ0v) is 15.6. The highest BCUT2D eigenvalue weighted by Gasteiger charge is 2.49. The molecule has 1 aliphatic heterocycles. The van der Waals surface area contributed by atoms with Crippen LogP contribution in [0.5, 0.6) is 0 Å². The highest BCUT2D eigenvalue weighted by molar-refractivity contribution is 5.66. The molecule has 1 heterocycles. The van der Waals surface area contributed by atoms with Gasteiger partial charge < -0.3 is 5.11 Å². The first-order valence-corrected chi connectivity index (χ1v) is 9.83. The van der Waals surface area contributed by atoms with E-state index < -0.39 is 5.97 Å². The summed E-state index contributed by atoms with van der Waals surface area (Å²) in [6.45, 7) is 2.15. The van der Waals surface area contributed by atoms with Crippen molar-refractivity contribution < 1.29 is 29.8 Å². The summed E-state index contributed by atoms with van der Waals surface area (Å²) in [7, 11) is 0. The monoisotopic (exact) mass is 368 g/mol. The standard InChI is InChI=1S/C20H32O6/c1-2-3-6-9-15(24-23)12-13-17-16(18-14-19(17)26-25-18)10-7-4-5-8-11-20(21)22/h4,7,12-13,15-19,23H,2-3,5-6,8-11,14H2,1H3,(H,21,22)/b7-4-,13-12+/t15-,16-,17-,18+,19-/m1/s1. The van der Waals surface area contributed by atoms with Crippen molar-refractivity contribution in [3.05, 3.63) is 24.3 Å². The molecule has 0 aromatic carbocycles. The predicted molar refractivity (Wildman–Crippen MR) is 97.4 cm³/mol. The molecule has 6 nitrogen and oxygen atoms in total. The average molecular weight is 368 g/mol. The normalized spacial score (nSPS) is 29.2. The van der Waals surface area contributed by atoms with Gasteiger partial charge in [0.05, 0.1) is 6.10 Å². The Bertz CT molecular complexity index is 475. The van der Waals surface area contributed by atoms with E-state index in [4.69, 9.17) is 20.1 Å². The number of carbonyl (C=O) groups is 1. The zero-order valence-electron chi connectivity index (χ0n) is 15.6. The number of allylic oxidation sites excluding steroid dienone is 2. The summed E-state index contributed by atoms with van der Waals surface area (Å²) in [5.74, 6) is -0.154. The summed E-state index contributed by atoms with van der Waals surface area (Å²) in [5.41, 5.74) is 0. The van der Waals surface area contributed by atoms with Crippen LogP contribution in [0.3, 0.4) is 0 Å². The third-order valence-electron chi connectivity index (χ3n) is 5.28. The predicted octanol–water partition coefficient (Wildman–Crippen LogP) is 4.52. The first-order chi connectivity index (χ1) is 12.7. The molecule has 0 aromatic heterocycles. The van der Waals surface area contributed by atoms with Gasteiger partial charge in [-0.25, -0.2) is 14.7 Å². The molecular formula is C20H32O6. The van der Waals surface area contributed by atoms with Crippen molar-refractivity contribution in [3.63, 3.8) is 0 Å². The molecule has 0 amide bonds. The average Bonchev–Trinajstić information content (AvgIpc) is 3.22. The minimum absolute atomic E-state index is 0.0663. The molecule has 2 rings (SSSR count). The van der Waals surface area contributed by atoms with E-state index in [0.29, 0.717) is 12.3 Å². The Morgan fingerprint density at radius 3 is 2.77 bits per heavy atom. The second-order valence-electron chi connectivity index (χ2n) is 7.26. The first-order valence-electron chi connectivity index (χ1n) is 9.83. The van der Waals surface area contributed by atoms with Crippen LogP contribution in [0, 0.1) is 11.8 Å². The van der Waals surface area contributed by atoms with E-state index in [1.165, 1.54) is 0 Å². The van der Waals surface area contributed by atoms with Crippen LogP contribution in [0.25, 0.3) is 0 Å². The van der Waals surface area contributed by atoms with Gasteiger partial charge in [0.25, 0.3) is 0 Å². The molecule has 2 fully saturated rings. The van der Waals surface area contributed by atoms with Gasteiger partial charge in [0.15, 0.2) is 0 Å². The van der Waals surface area contributed by atoms with Gasteiger partial charge in [0, 0.05) is 24.7 Å². The Morgan fingerprint density at radius 1 is 1.23 bits per heavy atom. The SMILES string of the molecule is CCCCC[C@H](/C=C/[C@@H]1[C@@H](C/C=C\CCCC(=O)O)[C@@H]2C[C@H]1OO2)OO. The molecule has 5 atom stereocenters. The topological polar surface area (TPSA) is 85.2 Å². The van der Waals surface area contributed by atoms with Gasteiger partial charge in [0.1, 0.15) is 12.2 Å². The van der Waals surface area contributed by atoms with Gasteiger partial charge in [-0.05, 0) is 25.7 Å². The van der Waals surface area contributed by atoms with Crippen molar-refractivity contribution >= 4 is 5.97 Å². The fourth-order valence-electron chi connectivity index (χ4n) is 3.79. The molecule has 0 unspecified atom stereocenters. The van der Waals surface area contributed by atoms with Gasteiger partial charge in [-0.3, -0.25) is 10.1 Å². The number of unbranched alkanes of at least 4 members (excludes halogenated alkanes) is 3. The van der Waals surface area contributed by atoms with E-state index >= 15 is 0 Å². The summed E-state index contributed by atoms with van der Waals surface area (Å²) in [6, 6.07) is 0. The van der Waals surface area contributed by atoms with Gasteiger partial charge in [-0.15, -0.1) is 0 Å². The number of hydrogen-bond acceptors (Lipinski definition) is 5. The fraction of sp³-hybridized carbons (Fsp3) is 0.750. The Labute approximate surface area is 155 Å². The lowest BCUT2D eigenvalue weighted by atomic mass is 9.89. The van der Waals surface area contributed by atoms with E-state index in [9.17, 15) is 4.79 Å². The Hall–Kier alpha value is -1.21. The molecule has 0 spiro atoms. The molecule has 2 bridgehead atoms. The maximum Gasteiger partial charge on any atom is 0.303 e. The quantitative estimate of drug-likeness (QED) is 0.215. The summed E-state index contributed by atoms with van der Waals surface area (Å²) >= 11 is 0. The number of fused-ring (bicyclic) bond motifs is 2. The van der Waals surface area contributed by atoms with Gasteiger partial charge in [-0.2, -0.15) is 0 Å². The Balaban J connectivity index is 1.82. The molecule has 2 aliphatic rings. The lowest BCUT2D eigenvalue weighted by molar-refractivity contribution is -0.336. The van der Waals surface area contributed by atoms with E-state index in [1.54, 1.807) is 0 Å². The zero-order chi connectivity index (χ0) is 18.8. The van der Waals surface area contributed by atoms with Crippen LogP contribution in [-0.4, -0.2) is 34.6 Å². The van der Waals surface area contributed by atoms with E-state index in [0.717, 1.165) is 44.9 Å². The number of rotatable bonds is 13. The summed E-state index contributed by atoms with van der Waals surface area (Å²) < 4.78 is 0. The first kappa shape index (κ1) is 21.1. The molecule has 0 radical (unpaired) electrons. The third-order valence-corrected chi connectivity index (χ3v) is 5.28.